The van der Waals surface area contributed by atoms with Crippen molar-refractivity contribution in [3.8, 4) is 0 Å². The molecule has 1 saturated carbocycles. The minimum atomic E-state index is -4.19. The van der Waals surface area contributed by atoms with E-state index >= 15 is 0 Å². The first-order valence-electron chi connectivity index (χ1n) is 7.04. The second-order valence-electron chi connectivity index (χ2n) is 5.60. The molecule has 20 heavy (non-hydrogen) atoms. The van der Waals surface area contributed by atoms with E-state index in [9.17, 15) is 18.0 Å². The summed E-state index contributed by atoms with van der Waals surface area (Å²) in [6, 6.07) is -0.277. The molecular formula is C13H22ClF3N2O. The molecule has 2 aliphatic rings. The molecule has 1 aliphatic carbocycles. The van der Waals surface area contributed by atoms with Gasteiger partial charge >= 0.3 is 6.18 Å². The molecule has 0 aromatic heterocycles. The van der Waals surface area contributed by atoms with Crippen LogP contribution in [0.25, 0.3) is 0 Å². The van der Waals surface area contributed by atoms with Gasteiger partial charge in [0.1, 0.15) is 0 Å². The largest absolute Gasteiger partial charge is 0.390 e. The van der Waals surface area contributed by atoms with Crippen LogP contribution in [0.1, 0.15) is 38.5 Å². The van der Waals surface area contributed by atoms with Crippen LogP contribution in [0, 0.1) is 5.92 Å². The fraction of sp³-hybridized carbons (Fsp3) is 0.923. The Morgan fingerprint density at radius 1 is 1.20 bits per heavy atom. The number of piperidine rings is 1. The summed E-state index contributed by atoms with van der Waals surface area (Å²) in [5, 5.41) is 3.12. The summed E-state index contributed by atoms with van der Waals surface area (Å²) in [5.41, 5.74) is 0. The van der Waals surface area contributed by atoms with Crippen molar-refractivity contribution < 1.29 is 18.0 Å². The van der Waals surface area contributed by atoms with Crippen molar-refractivity contribution in [2.75, 3.05) is 19.6 Å². The van der Waals surface area contributed by atoms with Crippen molar-refractivity contribution in [1.29, 1.82) is 0 Å². The Balaban J connectivity index is 0.00000200. The minimum absolute atomic E-state index is 0. The van der Waals surface area contributed by atoms with Gasteiger partial charge in [-0.25, -0.2) is 0 Å². The molecule has 0 radical (unpaired) electrons. The van der Waals surface area contributed by atoms with Crippen LogP contribution in [0.2, 0.25) is 0 Å². The van der Waals surface area contributed by atoms with Crippen molar-refractivity contribution in [3.05, 3.63) is 0 Å². The molecule has 1 saturated heterocycles. The first-order valence-corrected chi connectivity index (χ1v) is 7.04. The van der Waals surface area contributed by atoms with Gasteiger partial charge in [-0.15, -0.1) is 12.4 Å². The Labute approximate surface area is 123 Å². The lowest BCUT2D eigenvalue weighted by Crippen LogP contribution is -2.49. The maximum atomic E-state index is 12.3. The highest BCUT2D eigenvalue weighted by Gasteiger charge is 2.34. The number of nitrogens with one attached hydrogen (secondary N) is 1. The van der Waals surface area contributed by atoms with Gasteiger partial charge in [-0.3, -0.25) is 4.79 Å². The molecule has 118 valence electrons. The van der Waals surface area contributed by atoms with Gasteiger partial charge in [0.05, 0.1) is 12.5 Å². The first kappa shape index (κ1) is 17.6. The highest BCUT2D eigenvalue weighted by atomic mass is 35.5. The molecule has 1 N–H and O–H groups in total. The Bertz CT molecular complexity index is 315. The summed E-state index contributed by atoms with van der Waals surface area (Å²) in [6.07, 6.45) is -0.275. The van der Waals surface area contributed by atoms with Gasteiger partial charge in [-0.05, 0) is 38.1 Å². The smallest absolute Gasteiger partial charge is 0.341 e. The third-order valence-electron chi connectivity index (χ3n) is 3.76. The van der Waals surface area contributed by atoms with Crippen LogP contribution in [-0.2, 0) is 4.79 Å². The van der Waals surface area contributed by atoms with E-state index in [1.54, 1.807) is 0 Å². The van der Waals surface area contributed by atoms with Crippen molar-refractivity contribution >= 4 is 18.3 Å². The Hall–Kier alpha value is -0.490. The van der Waals surface area contributed by atoms with E-state index in [-0.39, 0.29) is 30.9 Å². The van der Waals surface area contributed by atoms with Crippen molar-refractivity contribution in [2.45, 2.75) is 50.7 Å². The van der Waals surface area contributed by atoms with Crippen molar-refractivity contribution in [1.82, 2.24) is 10.2 Å². The molecule has 0 bridgehead atoms. The van der Waals surface area contributed by atoms with Gasteiger partial charge in [0.25, 0.3) is 0 Å². The monoisotopic (exact) mass is 314 g/mol. The lowest BCUT2D eigenvalue weighted by molar-refractivity contribution is -0.147. The van der Waals surface area contributed by atoms with Gasteiger partial charge in [-0.2, -0.15) is 13.2 Å². The van der Waals surface area contributed by atoms with E-state index in [4.69, 9.17) is 0 Å². The molecule has 1 aliphatic heterocycles. The SMILES string of the molecule is Cl.O=C(C1CCCCN1)N(CCC(F)(F)F)CC1CC1. The molecule has 0 aromatic rings. The molecule has 0 aromatic carbocycles. The lowest BCUT2D eigenvalue weighted by atomic mass is 10.0. The molecule has 2 fully saturated rings. The molecule has 1 heterocycles. The number of alkyl halides is 3. The fourth-order valence-electron chi connectivity index (χ4n) is 2.45. The molecule has 1 amide bonds. The number of hydrogen-bond acceptors (Lipinski definition) is 2. The average Bonchev–Trinajstić information content (AvgIpc) is 3.17. The Kier molecular flexibility index (Phi) is 6.58. The van der Waals surface area contributed by atoms with Crippen LogP contribution >= 0.6 is 12.4 Å². The van der Waals surface area contributed by atoms with Crippen LogP contribution < -0.4 is 5.32 Å². The van der Waals surface area contributed by atoms with Gasteiger partial charge in [0.2, 0.25) is 5.91 Å². The summed E-state index contributed by atoms with van der Waals surface area (Å²) >= 11 is 0. The maximum Gasteiger partial charge on any atom is 0.390 e. The molecule has 3 nitrogen and oxygen atoms in total. The zero-order valence-corrected chi connectivity index (χ0v) is 12.2. The number of nitrogens with zero attached hydrogens (tertiary/aromatic N) is 1. The van der Waals surface area contributed by atoms with Crippen molar-refractivity contribution in [2.24, 2.45) is 5.92 Å². The zero-order chi connectivity index (χ0) is 13.9. The second-order valence-corrected chi connectivity index (χ2v) is 5.60. The van der Waals surface area contributed by atoms with Crippen LogP contribution in [0.15, 0.2) is 0 Å². The highest BCUT2D eigenvalue weighted by molar-refractivity contribution is 5.85. The minimum Gasteiger partial charge on any atom is -0.341 e. The predicted molar refractivity (Wildman–Crippen MR) is 72.9 cm³/mol. The standard InChI is InChI=1S/C13H21F3N2O.ClH/c14-13(15,16)6-8-18(9-10-4-5-10)12(19)11-3-1-2-7-17-11;/h10-11,17H,1-9H2;1H. The zero-order valence-electron chi connectivity index (χ0n) is 11.4. The number of amides is 1. The normalized spacial score (nSPS) is 23.1. The third-order valence-corrected chi connectivity index (χ3v) is 3.76. The number of hydrogen-bond donors (Lipinski definition) is 1. The van der Waals surface area contributed by atoms with Crippen molar-refractivity contribution in [3.63, 3.8) is 0 Å². The lowest BCUT2D eigenvalue weighted by Gasteiger charge is -2.30. The van der Waals surface area contributed by atoms with E-state index in [0.717, 1.165) is 38.6 Å². The first-order chi connectivity index (χ1) is 8.96. The number of carbonyl (C=O) groups is 1. The van der Waals surface area contributed by atoms with E-state index in [1.165, 1.54) is 4.90 Å². The van der Waals surface area contributed by atoms with E-state index in [1.807, 2.05) is 0 Å². The average molecular weight is 315 g/mol. The van der Waals surface area contributed by atoms with E-state index < -0.39 is 12.6 Å². The molecular weight excluding hydrogens is 293 g/mol. The topological polar surface area (TPSA) is 32.3 Å². The van der Waals surface area contributed by atoms with Crippen LogP contribution in [0.4, 0.5) is 13.2 Å². The third kappa shape index (κ3) is 5.87. The van der Waals surface area contributed by atoms with Crippen LogP contribution in [0.3, 0.4) is 0 Å². The molecule has 1 unspecified atom stereocenters. The summed E-state index contributed by atoms with van der Waals surface area (Å²) in [4.78, 5) is 13.7. The molecule has 7 heteroatoms. The van der Waals surface area contributed by atoms with Crippen LogP contribution in [-0.4, -0.2) is 42.7 Å². The van der Waals surface area contributed by atoms with Gasteiger partial charge in [-0.1, -0.05) is 6.42 Å². The summed E-state index contributed by atoms with van der Waals surface area (Å²) in [7, 11) is 0. The van der Waals surface area contributed by atoms with E-state index in [2.05, 4.69) is 5.32 Å². The summed E-state index contributed by atoms with van der Waals surface area (Å²) < 4.78 is 37.0. The number of rotatable bonds is 5. The second kappa shape index (κ2) is 7.50. The number of carbonyl (C=O) groups excluding carboxylic acids is 1. The van der Waals surface area contributed by atoms with Gasteiger partial charge in [0, 0.05) is 13.1 Å². The Morgan fingerprint density at radius 2 is 1.90 bits per heavy atom. The number of halogens is 4. The Morgan fingerprint density at radius 3 is 2.40 bits per heavy atom. The quantitative estimate of drug-likeness (QED) is 0.846. The summed E-state index contributed by atoms with van der Waals surface area (Å²) in [5.74, 6) is 0.275. The maximum absolute atomic E-state index is 12.3. The van der Waals surface area contributed by atoms with Crippen LogP contribution in [0.5, 0.6) is 0 Å². The highest BCUT2D eigenvalue weighted by Crippen LogP contribution is 2.31. The predicted octanol–water partition coefficient (Wildman–Crippen LogP) is 2.74. The van der Waals surface area contributed by atoms with E-state index in [0.29, 0.717) is 12.5 Å². The van der Waals surface area contributed by atoms with Gasteiger partial charge in [0.15, 0.2) is 0 Å². The molecule has 2 rings (SSSR count). The fourth-order valence-corrected chi connectivity index (χ4v) is 2.45. The summed E-state index contributed by atoms with van der Waals surface area (Å²) in [6.45, 7) is 1.08. The van der Waals surface area contributed by atoms with Gasteiger partial charge < -0.3 is 10.2 Å². The molecule has 1 atom stereocenters. The molecule has 0 spiro atoms.